The summed E-state index contributed by atoms with van der Waals surface area (Å²) in [4.78, 5) is 32.7. The molecule has 0 N–H and O–H groups in total. The second-order valence-electron chi connectivity index (χ2n) is 6.91. The predicted octanol–water partition coefficient (Wildman–Crippen LogP) is 5.14. The Morgan fingerprint density at radius 3 is 2.71 bits per heavy atom. The minimum absolute atomic E-state index is 0.0342. The van der Waals surface area contributed by atoms with Crippen LogP contribution in [0, 0.1) is 0 Å². The lowest BCUT2D eigenvalue weighted by atomic mass is 10.2. The minimum Gasteiger partial charge on any atom is -0.437 e. The van der Waals surface area contributed by atoms with Gasteiger partial charge in [0.05, 0.1) is 9.93 Å². The fourth-order valence-corrected chi connectivity index (χ4v) is 4.71. The van der Waals surface area contributed by atoms with E-state index in [4.69, 9.17) is 28.6 Å². The fourth-order valence-electron chi connectivity index (χ4n) is 3.09. The summed E-state index contributed by atoms with van der Waals surface area (Å²) in [5.41, 5.74) is 0.202. The van der Waals surface area contributed by atoms with Crippen LogP contribution in [-0.4, -0.2) is 30.6 Å². The molecule has 31 heavy (non-hydrogen) atoms. The summed E-state index contributed by atoms with van der Waals surface area (Å²) in [6.45, 7) is 3.92. The van der Waals surface area contributed by atoms with Crippen LogP contribution in [0.3, 0.4) is 0 Å². The molecule has 1 fully saturated rings. The molecule has 1 amide bonds. The predicted molar refractivity (Wildman–Crippen MR) is 128 cm³/mol. The Bertz CT molecular complexity index is 1290. The number of thiocarbonyl (C=S) groups is 1. The summed E-state index contributed by atoms with van der Waals surface area (Å²) >= 11 is 12.8. The number of thioether (sulfide) groups is 1. The highest BCUT2D eigenvalue weighted by atomic mass is 35.5. The van der Waals surface area contributed by atoms with Crippen LogP contribution < -0.4 is 10.3 Å². The first-order chi connectivity index (χ1) is 14.9. The number of hydrogen-bond donors (Lipinski definition) is 0. The van der Waals surface area contributed by atoms with Gasteiger partial charge < -0.3 is 4.74 Å². The third-order valence-corrected chi connectivity index (χ3v) is 6.55. The molecule has 158 valence electrons. The smallest absolute Gasteiger partial charge is 0.269 e. The van der Waals surface area contributed by atoms with Gasteiger partial charge in [0, 0.05) is 12.2 Å². The lowest BCUT2D eigenvalue weighted by Crippen LogP contribution is -2.36. The Morgan fingerprint density at radius 1 is 1.23 bits per heavy atom. The number of carbonyl (C=O) groups is 1. The van der Waals surface area contributed by atoms with E-state index in [1.54, 1.807) is 53.6 Å². The highest BCUT2D eigenvalue weighted by Crippen LogP contribution is 2.36. The normalized spacial score (nSPS) is 16.4. The number of rotatable bonds is 5. The van der Waals surface area contributed by atoms with Crippen molar-refractivity contribution < 1.29 is 9.53 Å². The first-order valence-electron chi connectivity index (χ1n) is 9.61. The molecule has 1 aromatic carbocycles. The number of halogens is 1. The van der Waals surface area contributed by atoms with Crippen molar-refractivity contribution in [3.05, 3.63) is 74.5 Å². The zero-order valence-corrected chi connectivity index (χ0v) is 19.1. The summed E-state index contributed by atoms with van der Waals surface area (Å²) in [6.07, 6.45) is 3.88. The van der Waals surface area contributed by atoms with Crippen LogP contribution in [0.1, 0.15) is 25.8 Å². The number of carbonyl (C=O) groups excluding carboxylic acids is 1. The largest absolute Gasteiger partial charge is 0.437 e. The van der Waals surface area contributed by atoms with Crippen molar-refractivity contribution in [1.29, 1.82) is 0 Å². The van der Waals surface area contributed by atoms with Gasteiger partial charge in [-0.1, -0.05) is 60.7 Å². The number of para-hydroxylation sites is 1. The molecular formula is C22H18ClN3O3S2. The van der Waals surface area contributed by atoms with Crippen molar-refractivity contribution in [3.8, 4) is 11.6 Å². The van der Waals surface area contributed by atoms with Gasteiger partial charge in [-0.3, -0.25) is 18.9 Å². The van der Waals surface area contributed by atoms with Gasteiger partial charge in [-0.2, -0.15) is 4.98 Å². The number of fused-ring (bicyclic) bond motifs is 1. The standard InChI is InChI=1S/C22H18ClN3O3S2/c1-3-13(2)26-21(28)17(31-22(26)30)12-14-19(29-16-9-5-4-8-15(16)23)24-18-10-6-7-11-25(18)20(14)27/h4-13H,3H2,1-2H3/b17-12+. The van der Waals surface area contributed by atoms with Gasteiger partial charge in [-0.25, -0.2) is 0 Å². The molecular weight excluding hydrogens is 454 g/mol. The number of amides is 1. The van der Waals surface area contributed by atoms with Crippen LogP contribution in [0.4, 0.5) is 0 Å². The average molecular weight is 472 g/mol. The van der Waals surface area contributed by atoms with E-state index >= 15 is 0 Å². The lowest BCUT2D eigenvalue weighted by Gasteiger charge is -2.21. The van der Waals surface area contributed by atoms with E-state index in [-0.39, 0.29) is 29.0 Å². The molecule has 0 spiro atoms. The van der Waals surface area contributed by atoms with Gasteiger partial charge in [-0.05, 0) is 43.7 Å². The lowest BCUT2D eigenvalue weighted by molar-refractivity contribution is -0.123. The van der Waals surface area contributed by atoms with Crippen LogP contribution in [0.25, 0.3) is 11.7 Å². The van der Waals surface area contributed by atoms with E-state index in [0.717, 1.165) is 18.2 Å². The van der Waals surface area contributed by atoms with Gasteiger partial charge in [-0.15, -0.1) is 0 Å². The van der Waals surface area contributed by atoms with Crippen molar-refractivity contribution in [2.24, 2.45) is 0 Å². The first-order valence-corrected chi connectivity index (χ1v) is 11.2. The van der Waals surface area contributed by atoms with Crippen molar-refractivity contribution in [1.82, 2.24) is 14.3 Å². The van der Waals surface area contributed by atoms with Crippen LogP contribution in [0.15, 0.2) is 58.4 Å². The third kappa shape index (κ3) is 4.11. The summed E-state index contributed by atoms with van der Waals surface area (Å²) in [6, 6.07) is 12.1. The van der Waals surface area contributed by atoms with E-state index in [9.17, 15) is 9.59 Å². The third-order valence-electron chi connectivity index (χ3n) is 4.91. The Labute approximate surface area is 193 Å². The number of benzene rings is 1. The van der Waals surface area contributed by atoms with Crippen molar-refractivity contribution in [3.63, 3.8) is 0 Å². The molecule has 1 unspecified atom stereocenters. The number of pyridine rings is 1. The van der Waals surface area contributed by atoms with Crippen LogP contribution in [0.2, 0.25) is 5.02 Å². The molecule has 0 bridgehead atoms. The Balaban J connectivity index is 1.87. The Hall–Kier alpha value is -2.68. The van der Waals surface area contributed by atoms with Crippen LogP contribution in [-0.2, 0) is 4.79 Å². The molecule has 6 nitrogen and oxygen atoms in total. The summed E-state index contributed by atoms with van der Waals surface area (Å²) < 4.78 is 7.80. The molecule has 1 aliphatic heterocycles. The van der Waals surface area contributed by atoms with Gasteiger partial charge in [0.15, 0.2) is 0 Å². The molecule has 9 heteroatoms. The second kappa shape index (κ2) is 8.82. The van der Waals surface area contributed by atoms with Crippen molar-refractivity contribution >= 4 is 57.5 Å². The van der Waals surface area contributed by atoms with E-state index in [0.29, 0.717) is 25.6 Å². The summed E-state index contributed by atoms with van der Waals surface area (Å²) in [7, 11) is 0. The molecule has 1 saturated heterocycles. The van der Waals surface area contributed by atoms with Gasteiger partial charge >= 0.3 is 0 Å². The zero-order valence-electron chi connectivity index (χ0n) is 16.7. The van der Waals surface area contributed by atoms with E-state index in [1.807, 2.05) is 13.8 Å². The maximum absolute atomic E-state index is 13.3. The molecule has 1 atom stereocenters. The Kier molecular flexibility index (Phi) is 6.13. The molecule has 4 rings (SSSR count). The molecule has 0 saturated carbocycles. The fraction of sp³-hybridized carbons (Fsp3) is 0.182. The number of ether oxygens (including phenoxy) is 1. The minimum atomic E-state index is -0.360. The topological polar surface area (TPSA) is 63.9 Å². The monoisotopic (exact) mass is 471 g/mol. The molecule has 0 aliphatic carbocycles. The van der Waals surface area contributed by atoms with E-state index in [1.165, 1.54) is 10.5 Å². The summed E-state index contributed by atoms with van der Waals surface area (Å²) in [5, 5.41) is 0.381. The van der Waals surface area contributed by atoms with E-state index in [2.05, 4.69) is 4.98 Å². The highest BCUT2D eigenvalue weighted by molar-refractivity contribution is 8.26. The first kappa shape index (κ1) is 21.5. The quantitative estimate of drug-likeness (QED) is 0.379. The second-order valence-corrected chi connectivity index (χ2v) is 8.99. The van der Waals surface area contributed by atoms with Gasteiger partial charge in [0.1, 0.15) is 21.3 Å². The maximum atomic E-state index is 13.3. The summed E-state index contributed by atoms with van der Waals surface area (Å²) in [5.74, 6) is 0.196. The molecule has 2 aromatic heterocycles. The van der Waals surface area contributed by atoms with Crippen molar-refractivity contribution in [2.45, 2.75) is 26.3 Å². The zero-order chi connectivity index (χ0) is 22.1. The Morgan fingerprint density at radius 2 is 1.97 bits per heavy atom. The van der Waals surface area contributed by atoms with Crippen molar-refractivity contribution in [2.75, 3.05) is 0 Å². The SMILES string of the molecule is CCC(C)N1C(=O)/C(=C\c2c(Oc3ccccc3Cl)nc3ccccn3c2=O)SC1=S. The molecule has 1 aliphatic rings. The molecule has 0 radical (unpaired) electrons. The highest BCUT2D eigenvalue weighted by Gasteiger charge is 2.35. The number of hydrogen-bond acceptors (Lipinski definition) is 6. The van der Waals surface area contributed by atoms with E-state index < -0.39 is 0 Å². The molecule has 3 aromatic rings. The van der Waals surface area contributed by atoms with Crippen LogP contribution >= 0.6 is 35.6 Å². The number of aromatic nitrogens is 2. The average Bonchev–Trinajstić information content (AvgIpc) is 3.04. The van der Waals surface area contributed by atoms with Gasteiger partial charge in [0.2, 0.25) is 5.88 Å². The van der Waals surface area contributed by atoms with Crippen LogP contribution in [0.5, 0.6) is 11.6 Å². The van der Waals surface area contributed by atoms with Gasteiger partial charge in [0.25, 0.3) is 11.5 Å². The number of nitrogens with zero attached hydrogens (tertiary/aromatic N) is 3. The maximum Gasteiger partial charge on any atom is 0.269 e. The molecule has 3 heterocycles.